The van der Waals surface area contributed by atoms with Gasteiger partial charge in [0.2, 0.25) is 6.29 Å². The van der Waals surface area contributed by atoms with Crippen molar-refractivity contribution in [2.24, 2.45) is 5.92 Å². The third-order valence-electron chi connectivity index (χ3n) is 4.04. The van der Waals surface area contributed by atoms with Crippen molar-refractivity contribution in [2.75, 3.05) is 6.54 Å². The molecule has 3 rings (SSSR count). The van der Waals surface area contributed by atoms with Crippen LogP contribution in [0.4, 0.5) is 0 Å². The summed E-state index contributed by atoms with van der Waals surface area (Å²) in [7, 11) is 0. The van der Waals surface area contributed by atoms with Crippen LogP contribution in [0.3, 0.4) is 0 Å². The molecule has 2 fully saturated rings. The van der Waals surface area contributed by atoms with E-state index in [0.29, 0.717) is 11.5 Å². The molecular weight excluding hydrogens is 230 g/mol. The molecule has 0 aromatic heterocycles. The van der Waals surface area contributed by atoms with Gasteiger partial charge >= 0.3 is 5.97 Å². The van der Waals surface area contributed by atoms with Crippen molar-refractivity contribution in [3.63, 3.8) is 0 Å². The van der Waals surface area contributed by atoms with Crippen LogP contribution in [0, 0.1) is 5.92 Å². The first kappa shape index (κ1) is 11.7. The lowest BCUT2D eigenvalue weighted by Crippen LogP contribution is -2.48. The van der Waals surface area contributed by atoms with Crippen LogP contribution in [0.2, 0.25) is 0 Å². The highest BCUT2D eigenvalue weighted by atomic mass is 16.6. The van der Waals surface area contributed by atoms with E-state index in [0.717, 1.165) is 25.8 Å². The van der Waals surface area contributed by atoms with Gasteiger partial charge in [0.1, 0.15) is 5.54 Å². The molecule has 1 saturated heterocycles. The Hall–Kier alpha value is -1.39. The van der Waals surface area contributed by atoms with Crippen LogP contribution < -0.4 is 5.32 Å². The zero-order valence-corrected chi connectivity index (χ0v) is 10.1. The lowest BCUT2D eigenvalue weighted by atomic mass is 10.00. The van der Waals surface area contributed by atoms with E-state index in [1.165, 1.54) is 0 Å². The van der Waals surface area contributed by atoms with Gasteiger partial charge in [-0.15, -0.1) is 0 Å². The quantitative estimate of drug-likeness (QED) is 0.625. The van der Waals surface area contributed by atoms with Gasteiger partial charge in [-0.05, 0) is 31.7 Å². The monoisotopic (exact) mass is 247 g/mol. The number of ether oxygens (including phenoxy) is 1. The third kappa shape index (κ3) is 1.91. The third-order valence-corrected chi connectivity index (χ3v) is 4.04. The summed E-state index contributed by atoms with van der Waals surface area (Å²) in [5.41, 5.74) is 0.0650. The first-order valence-corrected chi connectivity index (χ1v) is 6.39. The minimum atomic E-state index is -1.17. The molecule has 1 aromatic rings. The summed E-state index contributed by atoms with van der Waals surface area (Å²) in [6.07, 6.45) is 1.56. The predicted octanol–water partition coefficient (Wildman–Crippen LogP) is 1.36. The Kier molecular flexibility index (Phi) is 2.84. The second kappa shape index (κ2) is 4.37. The number of aliphatic hydroxyl groups is 1. The molecule has 1 saturated carbocycles. The molecule has 96 valence electrons. The van der Waals surface area contributed by atoms with Crippen molar-refractivity contribution >= 4 is 5.97 Å². The van der Waals surface area contributed by atoms with Crippen molar-refractivity contribution < 1.29 is 14.6 Å². The van der Waals surface area contributed by atoms with Gasteiger partial charge in [-0.1, -0.05) is 30.3 Å². The van der Waals surface area contributed by atoms with Crippen LogP contribution >= 0.6 is 0 Å². The minimum absolute atomic E-state index is 0.321. The fraction of sp³-hybridized carbons (Fsp3) is 0.500. The molecule has 18 heavy (non-hydrogen) atoms. The number of piperidine rings is 1. The number of carbonyl (C=O) groups is 1. The average molecular weight is 247 g/mol. The summed E-state index contributed by atoms with van der Waals surface area (Å²) in [6.45, 7) is 0.885. The van der Waals surface area contributed by atoms with Gasteiger partial charge < -0.3 is 15.2 Å². The molecule has 2 aliphatic rings. The molecule has 0 amide bonds. The van der Waals surface area contributed by atoms with Gasteiger partial charge in [0.25, 0.3) is 0 Å². The van der Waals surface area contributed by atoms with Gasteiger partial charge in [-0.2, -0.15) is 0 Å². The molecule has 1 aliphatic heterocycles. The van der Waals surface area contributed by atoms with E-state index in [-0.39, 0.29) is 5.97 Å². The van der Waals surface area contributed by atoms with Gasteiger partial charge in [0.15, 0.2) is 0 Å². The molecule has 3 atom stereocenters. The number of esters is 1. The zero-order chi connectivity index (χ0) is 12.6. The van der Waals surface area contributed by atoms with Crippen LogP contribution in [-0.2, 0) is 9.53 Å². The van der Waals surface area contributed by atoms with Crippen LogP contribution in [0.1, 0.15) is 31.1 Å². The predicted molar refractivity (Wildman–Crippen MR) is 65.6 cm³/mol. The van der Waals surface area contributed by atoms with E-state index < -0.39 is 11.8 Å². The van der Waals surface area contributed by atoms with Crippen molar-refractivity contribution in [2.45, 2.75) is 31.1 Å². The Morgan fingerprint density at radius 3 is 2.78 bits per heavy atom. The lowest BCUT2D eigenvalue weighted by molar-refractivity contribution is -0.176. The molecule has 2 bridgehead atoms. The Labute approximate surface area is 106 Å². The number of aliphatic hydroxyl groups excluding tert-OH is 1. The molecule has 4 heteroatoms. The topological polar surface area (TPSA) is 58.6 Å². The average Bonchev–Trinajstić information content (AvgIpc) is 3.01. The Morgan fingerprint density at radius 1 is 1.44 bits per heavy atom. The highest BCUT2D eigenvalue weighted by Gasteiger charge is 2.51. The minimum Gasteiger partial charge on any atom is -0.430 e. The van der Waals surface area contributed by atoms with Crippen LogP contribution in [0.5, 0.6) is 0 Å². The van der Waals surface area contributed by atoms with Gasteiger partial charge in [-0.3, -0.25) is 0 Å². The second-order valence-electron chi connectivity index (χ2n) is 5.24. The smallest absolute Gasteiger partial charge is 0.328 e. The Bertz CT molecular complexity index is 438. The summed E-state index contributed by atoms with van der Waals surface area (Å²) in [5.74, 6) is 0.269. The second-order valence-corrected chi connectivity index (χ2v) is 5.24. The number of benzene rings is 1. The van der Waals surface area contributed by atoms with E-state index in [2.05, 4.69) is 5.32 Å². The van der Waals surface area contributed by atoms with Crippen molar-refractivity contribution in [1.82, 2.24) is 5.32 Å². The molecule has 1 aliphatic carbocycles. The molecule has 3 unspecified atom stereocenters. The summed E-state index contributed by atoms with van der Waals surface area (Å²) in [4.78, 5) is 12.2. The summed E-state index contributed by atoms with van der Waals surface area (Å²) in [5, 5.41) is 13.1. The number of nitrogens with one attached hydrogen (secondary N) is 1. The van der Waals surface area contributed by atoms with E-state index >= 15 is 0 Å². The zero-order valence-electron chi connectivity index (χ0n) is 10.1. The first-order chi connectivity index (χ1) is 8.70. The highest BCUT2D eigenvalue weighted by Crippen LogP contribution is 2.41. The lowest BCUT2D eigenvalue weighted by Gasteiger charge is -2.26. The number of fused-ring (bicyclic) bond motifs is 2. The molecule has 0 radical (unpaired) electrons. The summed E-state index contributed by atoms with van der Waals surface area (Å²) < 4.78 is 5.20. The molecule has 2 N–H and O–H groups in total. The van der Waals surface area contributed by atoms with Crippen LogP contribution in [0.25, 0.3) is 0 Å². The van der Waals surface area contributed by atoms with E-state index in [4.69, 9.17) is 4.74 Å². The largest absolute Gasteiger partial charge is 0.430 e. The maximum absolute atomic E-state index is 12.2. The van der Waals surface area contributed by atoms with Gasteiger partial charge in [-0.25, -0.2) is 4.79 Å². The Morgan fingerprint density at radius 2 is 2.22 bits per heavy atom. The highest BCUT2D eigenvalue weighted by molar-refractivity contribution is 5.82. The van der Waals surface area contributed by atoms with Crippen molar-refractivity contribution in [3.8, 4) is 0 Å². The molecule has 1 heterocycles. The first-order valence-electron chi connectivity index (χ1n) is 6.39. The fourth-order valence-electron chi connectivity index (χ4n) is 2.98. The number of hydrogen-bond acceptors (Lipinski definition) is 4. The normalized spacial score (nSPS) is 31.3. The molecular formula is C14H17NO3. The van der Waals surface area contributed by atoms with Crippen LogP contribution in [-0.4, -0.2) is 23.2 Å². The van der Waals surface area contributed by atoms with Crippen molar-refractivity contribution in [1.29, 1.82) is 0 Å². The number of hydrogen-bond donors (Lipinski definition) is 2. The number of carbonyl (C=O) groups excluding carboxylic acids is 1. The maximum Gasteiger partial charge on any atom is 0.328 e. The van der Waals surface area contributed by atoms with E-state index in [9.17, 15) is 9.90 Å². The van der Waals surface area contributed by atoms with Crippen molar-refractivity contribution in [3.05, 3.63) is 35.9 Å². The summed E-state index contributed by atoms with van der Waals surface area (Å²) >= 11 is 0. The van der Waals surface area contributed by atoms with Gasteiger partial charge in [0, 0.05) is 5.56 Å². The maximum atomic E-state index is 12.2. The number of rotatable bonds is 3. The summed E-state index contributed by atoms with van der Waals surface area (Å²) in [6, 6.07) is 8.97. The van der Waals surface area contributed by atoms with E-state index in [1.807, 2.05) is 18.2 Å². The van der Waals surface area contributed by atoms with Gasteiger partial charge in [0.05, 0.1) is 0 Å². The molecule has 0 spiro atoms. The Balaban J connectivity index is 1.68. The molecule has 1 aromatic carbocycles. The standard InChI is InChI=1S/C14H17NO3/c16-12(11-4-2-1-3-5-11)18-13(17)14-7-6-10(8-14)9-15-14/h1-5,10,12,15-16H,6-9H2. The van der Waals surface area contributed by atoms with Crippen LogP contribution in [0.15, 0.2) is 30.3 Å². The SMILES string of the molecule is O=C(OC(O)c1ccccc1)C12CCC(CN1)C2. The van der Waals surface area contributed by atoms with E-state index in [1.54, 1.807) is 12.1 Å². The fourth-order valence-corrected chi connectivity index (χ4v) is 2.98. The molecule has 4 nitrogen and oxygen atoms in total.